The second-order valence-corrected chi connectivity index (χ2v) is 12.6. The number of anilines is 1. The van der Waals surface area contributed by atoms with Crippen LogP contribution in [-0.4, -0.2) is 50.4 Å². The first kappa shape index (κ1) is 28.5. The standard InChI is InChI=1S/C24H31N3O6S2.ClH/c1-17(28)27(33-20-9-12-25-13-10-20)19-6-4-5-18(15-19)21-7-8-22(34-21)24(16-23(29)26-30)11-2-3-14-35(24,31)32;/h4-8,15,20,25,30H,2-3,9-14,16H2,1H3,(H,26,29);1H/t24-;/m0./s1. The fourth-order valence-corrected chi connectivity index (χ4v) is 8.58. The van der Waals surface area contributed by atoms with E-state index in [4.69, 9.17) is 10.0 Å². The molecule has 0 spiro atoms. The van der Waals surface area contributed by atoms with E-state index in [-0.39, 0.29) is 36.6 Å². The van der Waals surface area contributed by atoms with Gasteiger partial charge in [0.15, 0.2) is 9.84 Å². The molecule has 36 heavy (non-hydrogen) atoms. The highest BCUT2D eigenvalue weighted by molar-refractivity contribution is 7.92. The molecular formula is C24H32ClN3O6S2. The molecule has 1 atom stereocenters. The summed E-state index contributed by atoms with van der Waals surface area (Å²) in [5.41, 5.74) is 3.01. The fraction of sp³-hybridized carbons (Fsp3) is 0.500. The largest absolute Gasteiger partial charge is 0.317 e. The van der Waals surface area contributed by atoms with Crippen LogP contribution in [0.4, 0.5) is 5.69 Å². The Kier molecular flexibility index (Phi) is 9.53. The Bertz CT molecular complexity index is 1180. The van der Waals surface area contributed by atoms with Gasteiger partial charge in [0.2, 0.25) is 11.8 Å². The zero-order valence-electron chi connectivity index (χ0n) is 20.1. The number of benzene rings is 1. The summed E-state index contributed by atoms with van der Waals surface area (Å²) < 4.78 is 25.0. The topological polar surface area (TPSA) is 125 Å². The number of hydrogen-bond acceptors (Lipinski definition) is 8. The third kappa shape index (κ3) is 5.92. The van der Waals surface area contributed by atoms with Crippen molar-refractivity contribution in [2.75, 3.05) is 23.9 Å². The van der Waals surface area contributed by atoms with Crippen LogP contribution >= 0.6 is 23.7 Å². The van der Waals surface area contributed by atoms with E-state index in [9.17, 15) is 18.0 Å². The maximum absolute atomic E-state index is 13.2. The SMILES string of the molecule is CC(=O)N(OC1CCNCC1)c1cccc(-c2ccc([C@@]3(CC(=O)NO)CCCCS3(=O)=O)s2)c1.Cl. The normalized spacial score (nSPS) is 21.8. The third-order valence-electron chi connectivity index (χ3n) is 6.66. The number of piperidine rings is 1. The van der Waals surface area contributed by atoms with E-state index in [1.807, 2.05) is 24.3 Å². The van der Waals surface area contributed by atoms with E-state index in [2.05, 4.69) is 5.32 Å². The van der Waals surface area contributed by atoms with Crippen molar-refractivity contribution in [3.8, 4) is 10.4 Å². The minimum absolute atomic E-state index is 0. The van der Waals surface area contributed by atoms with Crippen molar-refractivity contribution >= 4 is 51.1 Å². The van der Waals surface area contributed by atoms with Crippen molar-refractivity contribution < 1.29 is 28.1 Å². The highest BCUT2D eigenvalue weighted by atomic mass is 35.5. The van der Waals surface area contributed by atoms with Crippen molar-refractivity contribution in [1.82, 2.24) is 10.8 Å². The molecule has 2 aliphatic rings. The van der Waals surface area contributed by atoms with Gasteiger partial charge in [0.05, 0.1) is 24.0 Å². The Morgan fingerprint density at radius 2 is 1.97 bits per heavy atom. The molecule has 0 bridgehead atoms. The van der Waals surface area contributed by atoms with E-state index in [1.54, 1.807) is 17.6 Å². The molecule has 4 rings (SSSR count). The number of sulfone groups is 1. The smallest absolute Gasteiger partial charge is 0.247 e. The first-order valence-electron chi connectivity index (χ1n) is 11.8. The average molecular weight is 558 g/mol. The molecule has 2 fully saturated rings. The predicted molar refractivity (Wildman–Crippen MR) is 141 cm³/mol. The number of nitrogens with zero attached hydrogens (tertiary/aromatic N) is 1. The van der Waals surface area contributed by atoms with Gasteiger partial charge in [0, 0.05) is 16.7 Å². The molecule has 0 saturated carbocycles. The summed E-state index contributed by atoms with van der Waals surface area (Å²) in [5, 5.41) is 13.7. The second kappa shape index (κ2) is 12.0. The number of hydroxylamine groups is 2. The van der Waals surface area contributed by atoms with Crippen molar-refractivity contribution in [3.63, 3.8) is 0 Å². The maximum Gasteiger partial charge on any atom is 0.247 e. The molecule has 1 aromatic heterocycles. The molecular weight excluding hydrogens is 526 g/mol. The zero-order valence-corrected chi connectivity index (χ0v) is 22.5. The van der Waals surface area contributed by atoms with Gasteiger partial charge in [-0.1, -0.05) is 18.6 Å². The van der Waals surface area contributed by atoms with Crippen LogP contribution in [0.3, 0.4) is 0 Å². The summed E-state index contributed by atoms with van der Waals surface area (Å²) in [6.07, 6.45) is 2.82. The van der Waals surface area contributed by atoms with E-state index in [0.717, 1.165) is 36.4 Å². The quantitative estimate of drug-likeness (QED) is 0.351. The van der Waals surface area contributed by atoms with Gasteiger partial charge in [-0.05, 0) is 68.6 Å². The Morgan fingerprint density at radius 3 is 2.64 bits per heavy atom. The molecule has 0 aliphatic carbocycles. The lowest BCUT2D eigenvalue weighted by atomic mass is 9.94. The summed E-state index contributed by atoms with van der Waals surface area (Å²) in [4.78, 5) is 31.9. The Morgan fingerprint density at radius 1 is 1.22 bits per heavy atom. The molecule has 198 valence electrons. The van der Waals surface area contributed by atoms with Crippen LogP contribution in [0.15, 0.2) is 36.4 Å². The molecule has 3 N–H and O–H groups in total. The molecule has 12 heteroatoms. The van der Waals surface area contributed by atoms with Gasteiger partial charge in [-0.2, -0.15) is 5.06 Å². The summed E-state index contributed by atoms with van der Waals surface area (Å²) in [7, 11) is -3.60. The van der Waals surface area contributed by atoms with Gasteiger partial charge in [-0.3, -0.25) is 19.6 Å². The van der Waals surface area contributed by atoms with E-state index >= 15 is 0 Å². The molecule has 0 radical (unpaired) electrons. The van der Waals surface area contributed by atoms with Gasteiger partial charge in [-0.25, -0.2) is 13.9 Å². The summed E-state index contributed by atoms with van der Waals surface area (Å²) in [5.74, 6) is -0.940. The molecule has 9 nitrogen and oxygen atoms in total. The van der Waals surface area contributed by atoms with Crippen LogP contribution in [0.5, 0.6) is 0 Å². The molecule has 2 aromatic rings. The van der Waals surface area contributed by atoms with E-state index < -0.39 is 20.5 Å². The van der Waals surface area contributed by atoms with Crippen molar-refractivity contribution in [3.05, 3.63) is 41.3 Å². The minimum Gasteiger partial charge on any atom is -0.317 e. The van der Waals surface area contributed by atoms with Crippen LogP contribution in [0, 0.1) is 0 Å². The number of nitrogens with one attached hydrogen (secondary N) is 2. The number of carbonyl (C=O) groups is 2. The van der Waals surface area contributed by atoms with Crippen molar-refractivity contribution in [1.29, 1.82) is 0 Å². The fourth-order valence-electron chi connectivity index (χ4n) is 4.80. The van der Waals surface area contributed by atoms with Crippen LogP contribution < -0.4 is 15.9 Å². The molecule has 0 unspecified atom stereocenters. The van der Waals surface area contributed by atoms with Gasteiger partial charge >= 0.3 is 0 Å². The van der Waals surface area contributed by atoms with Crippen LogP contribution in [0.1, 0.15) is 50.3 Å². The first-order valence-corrected chi connectivity index (χ1v) is 14.3. The highest BCUT2D eigenvalue weighted by Crippen LogP contribution is 2.47. The molecule has 1 aromatic carbocycles. The number of hydrogen-bond donors (Lipinski definition) is 3. The van der Waals surface area contributed by atoms with E-state index in [0.29, 0.717) is 29.8 Å². The molecule has 2 aliphatic heterocycles. The Hall–Kier alpha value is -2.02. The average Bonchev–Trinajstić information content (AvgIpc) is 3.35. The van der Waals surface area contributed by atoms with Gasteiger partial charge < -0.3 is 5.32 Å². The van der Waals surface area contributed by atoms with Gasteiger partial charge in [-0.15, -0.1) is 23.7 Å². The van der Waals surface area contributed by atoms with E-state index in [1.165, 1.54) is 23.3 Å². The van der Waals surface area contributed by atoms with Crippen LogP contribution in [0.25, 0.3) is 10.4 Å². The molecule has 2 saturated heterocycles. The zero-order chi connectivity index (χ0) is 25.1. The Labute approximate surface area is 221 Å². The number of amides is 2. The lowest BCUT2D eigenvalue weighted by molar-refractivity contribution is -0.130. The lowest BCUT2D eigenvalue weighted by Gasteiger charge is -2.35. The number of halogens is 1. The van der Waals surface area contributed by atoms with Crippen LogP contribution in [-0.2, 0) is 29.0 Å². The predicted octanol–water partition coefficient (Wildman–Crippen LogP) is 3.56. The monoisotopic (exact) mass is 557 g/mol. The van der Waals surface area contributed by atoms with Crippen molar-refractivity contribution in [2.45, 2.75) is 56.3 Å². The highest BCUT2D eigenvalue weighted by Gasteiger charge is 2.49. The maximum atomic E-state index is 13.2. The minimum atomic E-state index is -3.60. The first-order chi connectivity index (χ1) is 16.8. The number of thiophene rings is 1. The second-order valence-electron chi connectivity index (χ2n) is 9.06. The Balaban J connectivity index is 0.00000361. The van der Waals surface area contributed by atoms with Crippen molar-refractivity contribution in [2.24, 2.45) is 0 Å². The molecule has 2 amide bonds. The van der Waals surface area contributed by atoms with Gasteiger partial charge in [0.25, 0.3) is 0 Å². The number of carbonyl (C=O) groups excluding carboxylic acids is 2. The summed E-state index contributed by atoms with van der Waals surface area (Å²) in [6, 6.07) is 11.0. The third-order valence-corrected chi connectivity index (χ3v) is 10.7. The molecule has 3 heterocycles. The van der Waals surface area contributed by atoms with Crippen LogP contribution in [0.2, 0.25) is 0 Å². The number of rotatable bonds is 7. The lowest BCUT2D eigenvalue weighted by Crippen LogP contribution is -2.43. The van der Waals surface area contributed by atoms with Gasteiger partial charge in [0.1, 0.15) is 4.75 Å². The summed E-state index contributed by atoms with van der Waals surface area (Å²) >= 11 is 1.32. The summed E-state index contributed by atoms with van der Waals surface area (Å²) in [6.45, 7) is 3.14.